The molecule has 11 heteroatoms. The van der Waals surface area contributed by atoms with Crippen LogP contribution in [0.4, 0.5) is 0 Å². The first-order valence-corrected chi connectivity index (χ1v) is 9.69. The maximum absolute atomic E-state index is 11.9. The lowest BCUT2D eigenvalue weighted by atomic mass is 10.2. The fraction of sp³-hybridized carbons (Fsp3) is 0.444. The first kappa shape index (κ1) is 25.4. The summed E-state index contributed by atoms with van der Waals surface area (Å²) >= 11 is 12.2. The molecule has 0 spiro atoms. The number of halogens is 3. The summed E-state index contributed by atoms with van der Waals surface area (Å²) in [5.41, 5.74) is 0.846. The Balaban J connectivity index is 0.00000420. The lowest BCUT2D eigenvalue weighted by Gasteiger charge is -2.15. The van der Waals surface area contributed by atoms with Crippen molar-refractivity contribution in [3.05, 3.63) is 46.0 Å². The Morgan fingerprint density at radius 1 is 1.28 bits per heavy atom. The highest BCUT2D eigenvalue weighted by molar-refractivity contribution is 14.0. The lowest BCUT2D eigenvalue weighted by molar-refractivity contribution is -0.127. The molecule has 2 N–H and O–H groups in total. The van der Waals surface area contributed by atoms with E-state index in [1.54, 1.807) is 32.6 Å². The SMILES string of the molecule is CCc1nncn1CCNC(=NCc1ccc(Cl)cc1Cl)NCC(=O)N(C)C.I. The highest BCUT2D eigenvalue weighted by Crippen LogP contribution is 2.21. The number of hydrogen-bond acceptors (Lipinski definition) is 4. The molecule has 8 nitrogen and oxygen atoms in total. The third-order valence-electron chi connectivity index (χ3n) is 3.99. The maximum Gasteiger partial charge on any atom is 0.241 e. The Morgan fingerprint density at radius 3 is 2.69 bits per heavy atom. The number of carbonyl (C=O) groups is 1. The van der Waals surface area contributed by atoms with Crippen molar-refractivity contribution in [2.24, 2.45) is 4.99 Å². The molecule has 1 amide bonds. The molecule has 0 radical (unpaired) electrons. The number of hydrogen-bond donors (Lipinski definition) is 2. The van der Waals surface area contributed by atoms with Crippen molar-refractivity contribution in [3.8, 4) is 0 Å². The van der Waals surface area contributed by atoms with E-state index in [9.17, 15) is 4.79 Å². The van der Waals surface area contributed by atoms with E-state index < -0.39 is 0 Å². The molecular weight excluding hydrogens is 528 g/mol. The Kier molecular flexibility index (Phi) is 11.3. The van der Waals surface area contributed by atoms with Crippen molar-refractivity contribution in [3.63, 3.8) is 0 Å². The Hall–Kier alpha value is -1.59. The van der Waals surface area contributed by atoms with E-state index in [4.69, 9.17) is 23.2 Å². The molecule has 1 aromatic heterocycles. The lowest BCUT2D eigenvalue weighted by Crippen LogP contribution is -2.43. The minimum Gasteiger partial charge on any atom is -0.355 e. The molecule has 2 aromatic rings. The van der Waals surface area contributed by atoms with Crippen molar-refractivity contribution in [2.45, 2.75) is 26.4 Å². The topological polar surface area (TPSA) is 87.4 Å². The molecule has 0 saturated heterocycles. The van der Waals surface area contributed by atoms with Gasteiger partial charge in [-0.05, 0) is 17.7 Å². The molecule has 0 bridgehead atoms. The molecule has 0 fully saturated rings. The number of amides is 1. The Morgan fingerprint density at radius 2 is 2.03 bits per heavy atom. The van der Waals surface area contributed by atoms with Crippen molar-refractivity contribution < 1.29 is 4.79 Å². The fourth-order valence-corrected chi connectivity index (χ4v) is 2.81. The summed E-state index contributed by atoms with van der Waals surface area (Å²) in [4.78, 5) is 17.9. The number of likely N-dealkylation sites (N-methyl/N-ethyl adjacent to an activating group) is 1. The van der Waals surface area contributed by atoms with Crippen LogP contribution in [0.25, 0.3) is 0 Å². The molecule has 0 aliphatic carbocycles. The highest BCUT2D eigenvalue weighted by atomic mass is 127. The molecule has 1 heterocycles. The number of aliphatic imine (C=N–C) groups is 1. The number of carbonyl (C=O) groups excluding carboxylic acids is 1. The van der Waals surface area contributed by atoms with Crippen LogP contribution in [0.15, 0.2) is 29.5 Å². The summed E-state index contributed by atoms with van der Waals surface area (Å²) in [6.07, 6.45) is 2.51. The van der Waals surface area contributed by atoms with Gasteiger partial charge in [-0.3, -0.25) is 4.79 Å². The third kappa shape index (κ3) is 8.35. The number of aryl methyl sites for hydroxylation is 1. The van der Waals surface area contributed by atoms with Crippen LogP contribution in [0.1, 0.15) is 18.3 Å². The first-order valence-electron chi connectivity index (χ1n) is 8.93. The standard InChI is InChI=1S/C18H25Cl2N7O.HI/c1-4-16-25-24-12-27(16)8-7-21-18(23-11-17(28)26(2)3)22-10-13-5-6-14(19)9-15(13)20;/h5-6,9,12H,4,7-8,10-11H2,1-3H3,(H2,21,22,23);1H. The number of rotatable bonds is 8. The molecule has 160 valence electrons. The van der Waals surface area contributed by atoms with Crippen molar-refractivity contribution in [2.75, 3.05) is 27.2 Å². The molecule has 0 saturated carbocycles. The first-order chi connectivity index (χ1) is 13.4. The number of benzene rings is 1. The number of nitrogens with zero attached hydrogens (tertiary/aromatic N) is 5. The second-order valence-corrected chi connectivity index (χ2v) is 7.11. The van der Waals surface area contributed by atoms with Crippen LogP contribution < -0.4 is 10.6 Å². The summed E-state index contributed by atoms with van der Waals surface area (Å²) in [5, 5.41) is 15.4. The molecule has 1 aromatic carbocycles. The molecular formula is C18H26Cl2IN7O. The molecule has 29 heavy (non-hydrogen) atoms. The van der Waals surface area contributed by atoms with Gasteiger partial charge in [-0.25, -0.2) is 4.99 Å². The van der Waals surface area contributed by atoms with Crippen LogP contribution in [0.2, 0.25) is 10.0 Å². The zero-order valence-corrected chi connectivity index (χ0v) is 20.5. The van der Waals surface area contributed by atoms with Crippen LogP contribution in [0, 0.1) is 0 Å². The minimum absolute atomic E-state index is 0. The molecule has 2 rings (SSSR count). The van der Waals surface area contributed by atoms with E-state index >= 15 is 0 Å². The van der Waals surface area contributed by atoms with Crippen molar-refractivity contribution in [1.82, 2.24) is 30.3 Å². The van der Waals surface area contributed by atoms with E-state index in [0.29, 0.717) is 35.6 Å². The van der Waals surface area contributed by atoms with Gasteiger partial charge in [-0.15, -0.1) is 34.2 Å². The quantitative estimate of drug-likeness (QED) is 0.298. The summed E-state index contributed by atoms with van der Waals surface area (Å²) < 4.78 is 1.98. The maximum atomic E-state index is 11.9. The number of nitrogens with one attached hydrogen (secondary N) is 2. The molecule has 0 unspecified atom stereocenters. The molecule has 0 atom stereocenters. The number of guanidine groups is 1. The minimum atomic E-state index is -0.0499. The van der Waals surface area contributed by atoms with Gasteiger partial charge in [-0.1, -0.05) is 36.2 Å². The second kappa shape index (κ2) is 12.9. The van der Waals surface area contributed by atoms with Gasteiger partial charge in [0.2, 0.25) is 5.91 Å². The Bertz CT molecular complexity index is 826. The molecule has 0 aliphatic rings. The van der Waals surface area contributed by atoms with Crippen molar-refractivity contribution in [1.29, 1.82) is 0 Å². The monoisotopic (exact) mass is 553 g/mol. The van der Waals surface area contributed by atoms with Gasteiger partial charge in [0.25, 0.3) is 0 Å². The predicted octanol–water partition coefficient (Wildman–Crippen LogP) is 2.59. The van der Waals surface area contributed by atoms with Gasteiger partial charge in [0, 0.05) is 43.7 Å². The molecule has 0 aliphatic heterocycles. The van der Waals surface area contributed by atoms with Gasteiger partial charge in [0.05, 0.1) is 13.1 Å². The summed E-state index contributed by atoms with van der Waals surface area (Å²) in [5.74, 6) is 1.39. The van der Waals surface area contributed by atoms with E-state index in [0.717, 1.165) is 17.8 Å². The zero-order valence-electron chi connectivity index (χ0n) is 16.7. The Labute approximate surface area is 198 Å². The van der Waals surface area contributed by atoms with E-state index in [1.165, 1.54) is 4.90 Å². The van der Waals surface area contributed by atoms with Crippen LogP contribution in [0.3, 0.4) is 0 Å². The second-order valence-electron chi connectivity index (χ2n) is 6.26. The van der Waals surface area contributed by atoms with Gasteiger partial charge < -0.3 is 20.1 Å². The third-order valence-corrected chi connectivity index (χ3v) is 4.57. The number of aromatic nitrogens is 3. The van der Waals surface area contributed by atoms with Crippen LogP contribution in [0.5, 0.6) is 0 Å². The van der Waals surface area contributed by atoms with Gasteiger partial charge >= 0.3 is 0 Å². The summed E-state index contributed by atoms with van der Waals surface area (Å²) in [6, 6.07) is 5.29. The zero-order chi connectivity index (χ0) is 20.5. The average Bonchev–Trinajstić information content (AvgIpc) is 3.11. The van der Waals surface area contributed by atoms with Crippen LogP contribution in [-0.2, 0) is 24.3 Å². The predicted molar refractivity (Wildman–Crippen MR) is 127 cm³/mol. The van der Waals surface area contributed by atoms with E-state index in [-0.39, 0.29) is 36.4 Å². The van der Waals surface area contributed by atoms with E-state index in [1.807, 2.05) is 17.6 Å². The van der Waals surface area contributed by atoms with E-state index in [2.05, 4.69) is 25.8 Å². The van der Waals surface area contributed by atoms with Crippen molar-refractivity contribution >= 4 is 59.0 Å². The van der Waals surface area contributed by atoms with Crippen LogP contribution >= 0.6 is 47.2 Å². The normalized spacial score (nSPS) is 11.0. The smallest absolute Gasteiger partial charge is 0.241 e. The van der Waals surface area contributed by atoms with Gasteiger partial charge in [0.1, 0.15) is 12.2 Å². The largest absolute Gasteiger partial charge is 0.355 e. The van der Waals surface area contributed by atoms with Gasteiger partial charge in [-0.2, -0.15) is 0 Å². The highest BCUT2D eigenvalue weighted by Gasteiger charge is 2.08. The van der Waals surface area contributed by atoms with Crippen LogP contribution in [-0.4, -0.2) is 58.7 Å². The summed E-state index contributed by atoms with van der Waals surface area (Å²) in [7, 11) is 3.42. The summed E-state index contributed by atoms with van der Waals surface area (Å²) in [6.45, 7) is 3.81. The average molecular weight is 554 g/mol. The van der Waals surface area contributed by atoms with Gasteiger partial charge in [0.15, 0.2) is 5.96 Å². The fourth-order valence-electron chi connectivity index (χ4n) is 2.34.